The average Bonchev–Trinajstić information content (AvgIpc) is 3.06. The van der Waals surface area contributed by atoms with Gasteiger partial charge in [-0.25, -0.2) is 0 Å². The van der Waals surface area contributed by atoms with Gasteiger partial charge in [-0.1, -0.05) is 42.5 Å². The zero-order valence-corrected chi connectivity index (χ0v) is 12.4. The van der Waals surface area contributed by atoms with Crippen LogP contribution in [-0.2, 0) is 0 Å². The summed E-state index contributed by atoms with van der Waals surface area (Å²) in [4.78, 5) is 12.7. The molecule has 0 amide bonds. The molecule has 0 aliphatic heterocycles. The van der Waals surface area contributed by atoms with Crippen LogP contribution in [0.2, 0.25) is 0 Å². The van der Waals surface area contributed by atoms with E-state index in [4.69, 9.17) is 4.74 Å². The van der Waals surface area contributed by atoms with Crippen LogP contribution < -0.4 is 4.74 Å². The summed E-state index contributed by atoms with van der Waals surface area (Å²) in [5, 5.41) is 4.22. The Kier molecular flexibility index (Phi) is 4.31. The Morgan fingerprint density at radius 2 is 1.86 bits per heavy atom. The van der Waals surface area contributed by atoms with Crippen molar-refractivity contribution in [2.24, 2.45) is 0 Å². The lowest BCUT2D eigenvalue weighted by molar-refractivity contribution is 0.0977. The number of ether oxygens (including phenoxy) is 1. The SMILES string of the molecule is O=C(CCCOc1cccc2ccccc12)c1cccs1. The fourth-order valence-corrected chi connectivity index (χ4v) is 2.99. The van der Waals surface area contributed by atoms with Crippen LogP contribution in [0.1, 0.15) is 22.5 Å². The van der Waals surface area contributed by atoms with Gasteiger partial charge in [0.25, 0.3) is 0 Å². The van der Waals surface area contributed by atoms with Crippen LogP contribution in [0, 0.1) is 0 Å². The molecule has 3 heteroatoms. The maximum Gasteiger partial charge on any atom is 0.172 e. The van der Waals surface area contributed by atoms with Crippen molar-refractivity contribution in [2.45, 2.75) is 12.8 Å². The lowest BCUT2D eigenvalue weighted by Gasteiger charge is -2.08. The first-order valence-electron chi connectivity index (χ1n) is 7.02. The van der Waals surface area contributed by atoms with Crippen LogP contribution in [0.3, 0.4) is 0 Å². The summed E-state index contributed by atoms with van der Waals surface area (Å²) in [6.45, 7) is 0.561. The quantitative estimate of drug-likeness (QED) is 0.475. The Labute approximate surface area is 128 Å². The van der Waals surface area contributed by atoms with Gasteiger partial charge in [-0.2, -0.15) is 0 Å². The van der Waals surface area contributed by atoms with Gasteiger partial charge in [-0.05, 0) is 29.3 Å². The molecule has 0 saturated carbocycles. The van der Waals surface area contributed by atoms with Crippen molar-refractivity contribution >= 4 is 27.9 Å². The van der Waals surface area contributed by atoms with Gasteiger partial charge < -0.3 is 4.74 Å². The van der Waals surface area contributed by atoms with E-state index < -0.39 is 0 Å². The number of carbonyl (C=O) groups excluding carboxylic acids is 1. The predicted molar refractivity (Wildman–Crippen MR) is 87.3 cm³/mol. The Hall–Kier alpha value is -2.13. The van der Waals surface area contributed by atoms with Crippen molar-refractivity contribution in [1.82, 2.24) is 0 Å². The summed E-state index contributed by atoms with van der Waals surface area (Å²) in [6.07, 6.45) is 1.27. The molecule has 2 aromatic carbocycles. The lowest BCUT2D eigenvalue weighted by Crippen LogP contribution is -2.02. The smallest absolute Gasteiger partial charge is 0.172 e. The number of hydrogen-bond acceptors (Lipinski definition) is 3. The van der Waals surface area contributed by atoms with Gasteiger partial charge in [0.15, 0.2) is 5.78 Å². The highest BCUT2D eigenvalue weighted by molar-refractivity contribution is 7.12. The molecule has 3 aromatic rings. The van der Waals surface area contributed by atoms with Gasteiger partial charge in [-0.15, -0.1) is 11.3 Å². The van der Waals surface area contributed by atoms with Crippen molar-refractivity contribution in [3.63, 3.8) is 0 Å². The number of benzene rings is 2. The first-order valence-corrected chi connectivity index (χ1v) is 7.90. The Bertz CT molecular complexity index is 727. The summed E-state index contributed by atoms with van der Waals surface area (Å²) >= 11 is 1.50. The minimum atomic E-state index is 0.200. The number of hydrogen-bond donors (Lipinski definition) is 0. The molecule has 21 heavy (non-hydrogen) atoms. The molecule has 0 spiro atoms. The molecule has 0 radical (unpaired) electrons. The second-order valence-corrected chi connectivity index (χ2v) is 5.78. The van der Waals surface area contributed by atoms with Crippen LogP contribution in [0.5, 0.6) is 5.75 Å². The monoisotopic (exact) mass is 296 g/mol. The fraction of sp³-hybridized carbons (Fsp3) is 0.167. The minimum absolute atomic E-state index is 0.200. The summed E-state index contributed by atoms with van der Waals surface area (Å²) in [6, 6.07) is 18.0. The summed E-state index contributed by atoms with van der Waals surface area (Å²) in [5.41, 5.74) is 0. The van der Waals surface area contributed by atoms with Crippen LogP contribution in [-0.4, -0.2) is 12.4 Å². The Balaban J connectivity index is 1.56. The number of fused-ring (bicyclic) bond motifs is 1. The molecule has 0 aliphatic carbocycles. The van der Waals surface area contributed by atoms with E-state index in [9.17, 15) is 4.79 Å². The number of Topliss-reactive ketones (excluding diaryl/α,β-unsaturated/α-hetero) is 1. The fourth-order valence-electron chi connectivity index (χ4n) is 2.30. The second kappa shape index (κ2) is 6.55. The first kappa shape index (κ1) is 13.8. The normalized spacial score (nSPS) is 10.7. The molecule has 0 aliphatic rings. The lowest BCUT2D eigenvalue weighted by atomic mass is 10.1. The standard InChI is InChI=1S/C18H16O2S/c19-16(18-11-5-13-21-18)9-4-12-20-17-10-3-7-14-6-1-2-8-15(14)17/h1-3,5-8,10-11,13H,4,9,12H2. The largest absolute Gasteiger partial charge is 0.493 e. The van der Waals surface area contributed by atoms with E-state index in [1.165, 1.54) is 16.7 Å². The Morgan fingerprint density at radius 3 is 2.71 bits per heavy atom. The summed E-state index contributed by atoms with van der Waals surface area (Å²) < 4.78 is 5.84. The van der Waals surface area contributed by atoms with Crippen LogP contribution in [0.15, 0.2) is 60.0 Å². The van der Waals surface area contributed by atoms with E-state index in [0.29, 0.717) is 13.0 Å². The molecule has 0 fully saturated rings. The molecule has 0 N–H and O–H groups in total. The Morgan fingerprint density at radius 1 is 1.00 bits per heavy atom. The molecule has 106 valence electrons. The number of rotatable bonds is 6. The number of carbonyl (C=O) groups is 1. The van der Waals surface area contributed by atoms with E-state index in [1.54, 1.807) is 0 Å². The topological polar surface area (TPSA) is 26.3 Å². The predicted octanol–water partition coefficient (Wildman–Crippen LogP) is 4.94. The van der Waals surface area contributed by atoms with Gasteiger partial charge in [0.1, 0.15) is 5.75 Å². The van der Waals surface area contributed by atoms with Crippen molar-refractivity contribution in [3.05, 3.63) is 64.9 Å². The van der Waals surface area contributed by atoms with Gasteiger partial charge in [-0.3, -0.25) is 4.79 Å². The zero-order valence-electron chi connectivity index (χ0n) is 11.6. The molecule has 0 atom stereocenters. The van der Waals surface area contributed by atoms with Crippen molar-refractivity contribution in [3.8, 4) is 5.75 Å². The number of ketones is 1. The number of thiophene rings is 1. The van der Waals surface area contributed by atoms with Crippen LogP contribution in [0.4, 0.5) is 0 Å². The molecule has 0 unspecified atom stereocenters. The molecular formula is C18H16O2S. The molecule has 1 heterocycles. The minimum Gasteiger partial charge on any atom is -0.493 e. The highest BCUT2D eigenvalue weighted by Crippen LogP contribution is 2.25. The molecule has 2 nitrogen and oxygen atoms in total. The van der Waals surface area contributed by atoms with Crippen molar-refractivity contribution in [1.29, 1.82) is 0 Å². The van der Waals surface area contributed by atoms with Gasteiger partial charge in [0, 0.05) is 11.8 Å². The van der Waals surface area contributed by atoms with Gasteiger partial charge in [0.2, 0.25) is 0 Å². The van der Waals surface area contributed by atoms with Crippen molar-refractivity contribution < 1.29 is 9.53 Å². The first-order chi connectivity index (χ1) is 10.3. The van der Waals surface area contributed by atoms with E-state index in [1.807, 2.05) is 41.8 Å². The molecule has 3 rings (SSSR count). The maximum atomic E-state index is 11.9. The van der Waals surface area contributed by atoms with Crippen LogP contribution in [0.25, 0.3) is 10.8 Å². The highest BCUT2D eigenvalue weighted by Gasteiger charge is 2.07. The summed E-state index contributed by atoms with van der Waals surface area (Å²) in [7, 11) is 0. The third-order valence-electron chi connectivity index (χ3n) is 3.35. The maximum absolute atomic E-state index is 11.9. The van der Waals surface area contributed by atoms with Crippen LogP contribution >= 0.6 is 11.3 Å². The van der Waals surface area contributed by atoms with E-state index in [-0.39, 0.29) is 5.78 Å². The molecule has 0 bridgehead atoms. The molecular weight excluding hydrogens is 280 g/mol. The zero-order chi connectivity index (χ0) is 14.5. The second-order valence-electron chi connectivity index (χ2n) is 4.83. The highest BCUT2D eigenvalue weighted by atomic mass is 32.1. The van der Waals surface area contributed by atoms with Crippen molar-refractivity contribution in [2.75, 3.05) is 6.61 Å². The molecule has 1 aromatic heterocycles. The van der Waals surface area contributed by atoms with Gasteiger partial charge >= 0.3 is 0 Å². The average molecular weight is 296 g/mol. The third kappa shape index (κ3) is 3.31. The van der Waals surface area contributed by atoms with E-state index in [2.05, 4.69) is 18.2 Å². The third-order valence-corrected chi connectivity index (χ3v) is 4.26. The van der Waals surface area contributed by atoms with E-state index >= 15 is 0 Å². The van der Waals surface area contributed by atoms with E-state index in [0.717, 1.165) is 22.4 Å². The van der Waals surface area contributed by atoms with Gasteiger partial charge in [0.05, 0.1) is 11.5 Å². The summed E-state index contributed by atoms with van der Waals surface area (Å²) in [5.74, 6) is 1.09. The molecule has 0 saturated heterocycles.